The molecule has 0 aliphatic carbocycles. The molecule has 0 radical (unpaired) electrons. The first kappa shape index (κ1) is 24.0. The van der Waals surface area contributed by atoms with E-state index in [2.05, 4.69) is 10.6 Å². The van der Waals surface area contributed by atoms with Crippen molar-refractivity contribution in [3.05, 3.63) is 35.9 Å². The lowest BCUT2D eigenvalue weighted by molar-refractivity contribution is -0.187. The number of urea groups is 1. The number of benzene rings is 1. The first-order chi connectivity index (χ1) is 15.5. The summed E-state index contributed by atoms with van der Waals surface area (Å²) in [6, 6.07) is 8.77. The number of methoxy groups -OCH3 is 1. The molecule has 2 N–H and O–H groups in total. The van der Waals surface area contributed by atoms with E-state index < -0.39 is 12.2 Å². The second-order valence-electron chi connectivity index (χ2n) is 8.12. The molecule has 10 heteroatoms. The molecule has 2 heterocycles. The standard InChI is InChI=1S/C22H34N6O4/c1-23-11-7-10-18-21(30)26(12-13-32-3)15-19-27(18)20(29)16-25(2)28(19)22(31)24-14-17-8-5-4-6-9-17/h4-6,8-9,18-19,23H,7,10-16H2,1-3H3,(H,24,31)/t18-,19?/m0/s1. The van der Waals surface area contributed by atoms with Gasteiger partial charge < -0.3 is 25.2 Å². The van der Waals surface area contributed by atoms with Gasteiger partial charge >= 0.3 is 6.03 Å². The van der Waals surface area contributed by atoms with Gasteiger partial charge in [-0.2, -0.15) is 0 Å². The number of ether oxygens (including phenoxy) is 1. The van der Waals surface area contributed by atoms with E-state index in [-0.39, 0.29) is 30.9 Å². The maximum absolute atomic E-state index is 13.2. The Morgan fingerprint density at radius 2 is 1.97 bits per heavy atom. The molecule has 0 bridgehead atoms. The molecular weight excluding hydrogens is 412 g/mol. The van der Waals surface area contributed by atoms with E-state index in [1.807, 2.05) is 37.4 Å². The van der Waals surface area contributed by atoms with Gasteiger partial charge in [-0.15, -0.1) is 0 Å². The Balaban J connectivity index is 1.82. The molecule has 1 aromatic carbocycles. The van der Waals surface area contributed by atoms with Crippen LogP contribution < -0.4 is 10.6 Å². The van der Waals surface area contributed by atoms with Crippen LogP contribution in [0.15, 0.2) is 30.3 Å². The molecule has 0 saturated carbocycles. The van der Waals surface area contributed by atoms with Crippen molar-refractivity contribution in [3.8, 4) is 0 Å². The summed E-state index contributed by atoms with van der Waals surface area (Å²) in [4.78, 5) is 42.8. The smallest absolute Gasteiger partial charge is 0.334 e. The van der Waals surface area contributed by atoms with Crippen molar-refractivity contribution < 1.29 is 19.1 Å². The number of piperazine rings is 1. The largest absolute Gasteiger partial charge is 0.383 e. The zero-order valence-corrected chi connectivity index (χ0v) is 19.1. The van der Waals surface area contributed by atoms with Crippen LogP contribution in [-0.4, -0.2) is 104 Å². The minimum Gasteiger partial charge on any atom is -0.383 e. The summed E-state index contributed by atoms with van der Waals surface area (Å²) in [5.74, 6) is -0.226. The molecule has 0 aromatic heterocycles. The predicted octanol–water partition coefficient (Wildman–Crippen LogP) is 0.0701. The number of carbonyl (C=O) groups is 3. The fourth-order valence-corrected chi connectivity index (χ4v) is 4.31. The third kappa shape index (κ3) is 5.37. The van der Waals surface area contributed by atoms with Crippen LogP contribution in [0.3, 0.4) is 0 Å². The molecule has 2 aliphatic rings. The molecule has 32 heavy (non-hydrogen) atoms. The third-order valence-corrected chi connectivity index (χ3v) is 5.90. The Hall–Kier alpha value is -2.69. The summed E-state index contributed by atoms with van der Waals surface area (Å²) < 4.78 is 5.18. The Morgan fingerprint density at radius 3 is 2.66 bits per heavy atom. The normalized spacial score (nSPS) is 21.7. The van der Waals surface area contributed by atoms with Crippen LogP contribution in [0.2, 0.25) is 0 Å². The molecule has 2 aliphatic heterocycles. The number of nitrogens with zero attached hydrogens (tertiary/aromatic N) is 4. The summed E-state index contributed by atoms with van der Waals surface area (Å²) in [7, 11) is 5.17. The first-order valence-electron chi connectivity index (χ1n) is 11.0. The van der Waals surface area contributed by atoms with Gasteiger partial charge in [0, 0.05) is 27.2 Å². The fraction of sp³-hybridized carbons (Fsp3) is 0.591. The summed E-state index contributed by atoms with van der Waals surface area (Å²) in [5, 5.41) is 9.25. The maximum atomic E-state index is 13.2. The third-order valence-electron chi connectivity index (χ3n) is 5.90. The van der Waals surface area contributed by atoms with Crippen LogP contribution in [0.25, 0.3) is 0 Å². The molecule has 1 aromatic rings. The Labute approximate surface area is 189 Å². The van der Waals surface area contributed by atoms with Crippen molar-refractivity contribution in [2.24, 2.45) is 0 Å². The van der Waals surface area contributed by atoms with Gasteiger partial charge in [0.2, 0.25) is 11.8 Å². The monoisotopic (exact) mass is 446 g/mol. The zero-order valence-electron chi connectivity index (χ0n) is 19.1. The highest BCUT2D eigenvalue weighted by molar-refractivity contribution is 5.91. The van der Waals surface area contributed by atoms with Crippen LogP contribution in [0.1, 0.15) is 18.4 Å². The molecule has 176 valence electrons. The number of hydrazine groups is 1. The highest BCUT2D eigenvalue weighted by Gasteiger charge is 2.50. The maximum Gasteiger partial charge on any atom is 0.334 e. The number of fused-ring (bicyclic) bond motifs is 1. The number of rotatable bonds is 9. The van der Waals surface area contributed by atoms with Gasteiger partial charge in [-0.05, 0) is 32.0 Å². The van der Waals surface area contributed by atoms with E-state index >= 15 is 0 Å². The van der Waals surface area contributed by atoms with Crippen molar-refractivity contribution in [2.75, 3.05) is 54.0 Å². The molecule has 2 saturated heterocycles. The lowest BCUT2D eigenvalue weighted by Crippen LogP contribution is -2.76. The van der Waals surface area contributed by atoms with Crippen molar-refractivity contribution in [3.63, 3.8) is 0 Å². The number of likely N-dealkylation sites (N-methyl/N-ethyl adjacent to an activating group) is 1. The second kappa shape index (κ2) is 11.3. The SMILES string of the molecule is CNCCC[C@H]1C(=O)N(CCOC)CC2N1C(=O)CN(C)N2C(=O)NCc1ccccc1. The summed E-state index contributed by atoms with van der Waals surface area (Å²) in [6.45, 7) is 2.23. The molecule has 3 rings (SSSR count). The first-order valence-corrected chi connectivity index (χ1v) is 11.0. The Bertz CT molecular complexity index is 792. The fourth-order valence-electron chi connectivity index (χ4n) is 4.31. The molecule has 2 fully saturated rings. The lowest BCUT2D eigenvalue weighted by Gasteiger charge is -2.54. The molecule has 1 unspecified atom stereocenters. The number of nitrogens with one attached hydrogen (secondary N) is 2. The lowest BCUT2D eigenvalue weighted by atomic mass is 10.0. The minimum absolute atomic E-state index is 0.0448. The summed E-state index contributed by atoms with van der Waals surface area (Å²) >= 11 is 0. The Kier molecular flexibility index (Phi) is 8.43. The van der Waals surface area contributed by atoms with E-state index in [9.17, 15) is 14.4 Å². The van der Waals surface area contributed by atoms with Crippen LogP contribution in [0.4, 0.5) is 4.79 Å². The van der Waals surface area contributed by atoms with Gasteiger partial charge in [-0.25, -0.2) is 14.8 Å². The number of carbonyl (C=O) groups excluding carboxylic acids is 3. The van der Waals surface area contributed by atoms with E-state index in [0.29, 0.717) is 26.1 Å². The van der Waals surface area contributed by atoms with Gasteiger partial charge in [0.15, 0.2) is 0 Å². The topological polar surface area (TPSA) is 97.5 Å². The number of hydrogen-bond donors (Lipinski definition) is 2. The molecule has 4 amide bonds. The van der Waals surface area contributed by atoms with E-state index in [4.69, 9.17) is 4.74 Å². The summed E-state index contributed by atoms with van der Waals surface area (Å²) in [6.07, 6.45) is 0.720. The second-order valence-corrected chi connectivity index (χ2v) is 8.12. The van der Waals surface area contributed by atoms with Crippen molar-refractivity contribution in [1.82, 2.24) is 30.5 Å². The highest BCUT2D eigenvalue weighted by Crippen LogP contribution is 2.27. The quantitative estimate of drug-likeness (QED) is 0.521. The molecule has 0 spiro atoms. The highest BCUT2D eigenvalue weighted by atomic mass is 16.5. The van der Waals surface area contributed by atoms with E-state index in [1.54, 1.807) is 34.0 Å². The Morgan fingerprint density at radius 1 is 1.22 bits per heavy atom. The average Bonchev–Trinajstić information content (AvgIpc) is 2.78. The van der Waals surface area contributed by atoms with Crippen LogP contribution >= 0.6 is 0 Å². The zero-order chi connectivity index (χ0) is 23.1. The molecule has 2 atom stereocenters. The minimum atomic E-state index is -0.593. The van der Waals surface area contributed by atoms with Gasteiger partial charge in [0.1, 0.15) is 12.2 Å². The molecule has 10 nitrogen and oxygen atoms in total. The van der Waals surface area contributed by atoms with Gasteiger partial charge in [-0.3, -0.25) is 9.59 Å². The van der Waals surface area contributed by atoms with Gasteiger partial charge in [-0.1, -0.05) is 30.3 Å². The van der Waals surface area contributed by atoms with E-state index in [0.717, 1.165) is 18.5 Å². The average molecular weight is 447 g/mol. The number of hydrogen-bond acceptors (Lipinski definition) is 6. The number of amides is 4. The van der Waals surface area contributed by atoms with Crippen molar-refractivity contribution >= 4 is 17.8 Å². The van der Waals surface area contributed by atoms with Crippen molar-refractivity contribution in [1.29, 1.82) is 0 Å². The van der Waals surface area contributed by atoms with Crippen molar-refractivity contribution in [2.45, 2.75) is 31.6 Å². The van der Waals surface area contributed by atoms with Gasteiger partial charge in [0.25, 0.3) is 0 Å². The van der Waals surface area contributed by atoms with Gasteiger partial charge in [0.05, 0.1) is 19.7 Å². The van der Waals surface area contributed by atoms with E-state index in [1.165, 1.54) is 0 Å². The predicted molar refractivity (Wildman–Crippen MR) is 119 cm³/mol. The van der Waals surface area contributed by atoms with Crippen LogP contribution in [-0.2, 0) is 20.9 Å². The summed E-state index contributed by atoms with van der Waals surface area (Å²) in [5.41, 5.74) is 0.985. The van der Waals surface area contributed by atoms with Crippen LogP contribution in [0.5, 0.6) is 0 Å². The van der Waals surface area contributed by atoms with Crippen LogP contribution in [0, 0.1) is 0 Å². The molecular formula is C22H34N6O4.